The lowest BCUT2D eigenvalue weighted by molar-refractivity contribution is 0.575. The predicted octanol–water partition coefficient (Wildman–Crippen LogP) is 3.53. The molecule has 4 nitrogen and oxygen atoms in total. The number of hydrogen-bond acceptors (Lipinski definition) is 5. The first-order valence-electron chi connectivity index (χ1n) is 5.95. The largest absolute Gasteiger partial charge is 0.444 e. The van der Waals surface area contributed by atoms with E-state index in [9.17, 15) is 0 Å². The lowest BCUT2D eigenvalue weighted by Gasteiger charge is -1.99. The maximum absolute atomic E-state index is 5.48. The van der Waals surface area contributed by atoms with Crippen molar-refractivity contribution in [2.45, 2.75) is 12.3 Å². The van der Waals surface area contributed by atoms with Gasteiger partial charge in [-0.3, -0.25) is 4.68 Å². The SMILES string of the molecule is c1csc(-c2nc(CSCCn3cccn3)co2)c1. The van der Waals surface area contributed by atoms with Crippen molar-refractivity contribution >= 4 is 23.1 Å². The van der Waals surface area contributed by atoms with Crippen molar-refractivity contribution in [2.24, 2.45) is 0 Å². The first-order chi connectivity index (χ1) is 9.42. The Labute approximate surface area is 119 Å². The molecule has 0 unspecified atom stereocenters. The first kappa shape index (κ1) is 12.5. The molecule has 3 aromatic heterocycles. The standard InChI is InChI=1S/C13H13N3OS2/c1-3-12(19-7-1)13-15-11(9-17-13)10-18-8-6-16-5-2-4-14-16/h1-5,7,9H,6,8,10H2. The van der Waals surface area contributed by atoms with E-state index in [1.54, 1.807) is 23.8 Å². The van der Waals surface area contributed by atoms with Crippen LogP contribution in [0.5, 0.6) is 0 Å². The van der Waals surface area contributed by atoms with Gasteiger partial charge < -0.3 is 4.42 Å². The highest BCUT2D eigenvalue weighted by Gasteiger charge is 2.07. The molecule has 0 amide bonds. The third kappa shape index (κ3) is 3.27. The number of thiophene rings is 1. The van der Waals surface area contributed by atoms with Crippen LogP contribution in [-0.4, -0.2) is 20.5 Å². The second-order valence-corrected chi connectivity index (χ2v) is 6.00. The van der Waals surface area contributed by atoms with Crippen molar-refractivity contribution in [2.75, 3.05) is 5.75 Å². The summed E-state index contributed by atoms with van der Waals surface area (Å²) in [7, 11) is 0. The summed E-state index contributed by atoms with van der Waals surface area (Å²) in [4.78, 5) is 5.56. The zero-order valence-corrected chi connectivity index (χ0v) is 11.9. The molecule has 0 N–H and O–H groups in total. The van der Waals surface area contributed by atoms with Gasteiger partial charge in [0.15, 0.2) is 0 Å². The van der Waals surface area contributed by atoms with Crippen LogP contribution in [0.25, 0.3) is 10.8 Å². The lowest BCUT2D eigenvalue weighted by Crippen LogP contribution is -2.00. The normalized spacial score (nSPS) is 10.9. The van der Waals surface area contributed by atoms with Gasteiger partial charge >= 0.3 is 0 Å². The van der Waals surface area contributed by atoms with Gasteiger partial charge in [-0.05, 0) is 17.5 Å². The molecular formula is C13H13N3OS2. The predicted molar refractivity (Wildman–Crippen MR) is 78.2 cm³/mol. The Hall–Kier alpha value is -1.53. The summed E-state index contributed by atoms with van der Waals surface area (Å²) in [5, 5.41) is 6.20. The summed E-state index contributed by atoms with van der Waals surface area (Å²) in [6.45, 7) is 0.924. The number of hydrogen-bond donors (Lipinski definition) is 0. The summed E-state index contributed by atoms with van der Waals surface area (Å²) in [5.41, 5.74) is 0.994. The molecule has 0 aliphatic rings. The molecule has 0 saturated heterocycles. The van der Waals surface area contributed by atoms with Gasteiger partial charge in [0.2, 0.25) is 5.89 Å². The van der Waals surface area contributed by atoms with Crippen LogP contribution in [-0.2, 0) is 12.3 Å². The molecule has 6 heteroatoms. The average Bonchev–Trinajstić information content (AvgIpc) is 3.15. The Balaban J connectivity index is 1.48. The molecule has 0 aliphatic carbocycles. The summed E-state index contributed by atoms with van der Waals surface area (Å²) >= 11 is 3.48. The molecule has 0 aliphatic heterocycles. The topological polar surface area (TPSA) is 43.9 Å². The van der Waals surface area contributed by atoms with Gasteiger partial charge in [0.25, 0.3) is 0 Å². The Morgan fingerprint density at radius 3 is 3.16 bits per heavy atom. The van der Waals surface area contributed by atoms with E-state index in [0.29, 0.717) is 0 Å². The summed E-state index contributed by atoms with van der Waals surface area (Å²) in [5.74, 6) is 2.61. The quantitative estimate of drug-likeness (QED) is 0.652. The first-order valence-corrected chi connectivity index (χ1v) is 7.99. The summed E-state index contributed by atoms with van der Waals surface area (Å²) in [6, 6.07) is 5.96. The number of rotatable bonds is 6. The average molecular weight is 291 g/mol. The Kier molecular flexibility index (Phi) is 4.00. The van der Waals surface area contributed by atoms with E-state index in [4.69, 9.17) is 4.42 Å². The van der Waals surface area contributed by atoms with Crippen LogP contribution in [0.3, 0.4) is 0 Å². The smallest absolute Gasteiger partial charge is 0.236 e. The van der Waals surface area contributed by atoms with Crippen molar-refractivity contribution in [3.8, 4) is 10.8 Å². The third-order valence-electron chi connectivity index (χ3n) is 2.56. The lowest BCUT2D eigenvalue weighted by atomic mass is 10.5. The molecule has 0 spiro atoms. The second kappa shape index (κ2) is 6.08. The minimum Gasteiger partial charge on any atom is -0.444 e. The zero-order chi connectivity index (χ0) is 12.9. The highest BCUT2D eigenvalue weighted by Crippen LogP contribution is 2.24. The van der Waals surface area contributed by atoms with Crippen molar-refractivity contribution in [3.63, 3.8) is 0 Å². The fraction of sp³-hybridized carbons (Fsp3) is 0.231. The van der Waals surface area contributed by atoms with Crippen molar-refractivity contribution in [1.82, 2.24) is 14.8 Å². The van der Waals surface area contributed by atoms with Crippen LogP contribution >= 0.6 is 23.1 Å². The Morgan fingerprint density at radius 1 is 1.37 bits per heavy atom. The number of aromatic nitrogens is 3. The summed E-state index contributed by atoms with van der Waals surface area (Å²) < 4.78 is 7.42. The summed E-state index contributed by atoms with van der Waals surface area (Å²) in [6.07, 6.45) is 5.52. The van der Waals surface area contributed by atoms with Gasteiger partial charge in [0.1, 0.15) is 6.26 Å². The fourth-order valence-electron chi connectivity index (χ4n) is 1.65. The Bertz CT molecular complexity index is 602. The zero-order valence-electron chi connectivity index (χ0n) is 10.2. The maximum atomic E-state index is 5.48. The molecule has 0 aromatic carbocycles. The van der Waals surface area contributed by atoms with Gasteiger partial charge in [-0.2, -0.15) is 16.9 Å². The third-order valence-corrected chi connectivity index (χ3v) is 4.39. The highest BCUT2D eigenvalue weighted by molar-refractivity contribution is 7.98. The fourth-order valence-corrected chi connectivity index (χ4v) is 3.11. The van der Waals surface area contributed by atoms with Crippen molar-refractivity contribution in [3.05, 3.63) is 47.9 Å². The molecule has 0 saturated carbocycles. The van der Waals surface area contributed by atoms with E-state index in [1.807, 2.05) is 46.2 Å². The molecule has 3 rings (SSSR count). The van der Waals surface area contributed by atoms with Crippen LogP contribution in [0.15, 0.2) is 46.7 Å². The molecule has 3 heterocycles. The number of nitrogens with zero attached hydrogens (tertiary/aromatic N) is 3. The molecule has 98 valence electrons. The van der Waals surface area contributed by atoms with E-state index >= 15 is 0 Å². The van der Waals surface area contributed by atoms with Gasteiger partial charge in [-0.15, -0.1) is 11.3 Å². The van der Waals surface area contributed by atoms with E-state index in [0.717, 1.165) is 34.5 Å². The van der Waals surface area contributed by atoms with Gasteiger partial charge in [0, 0.05) is 30.4 Å². The number of oxazole rings is 1. The highest BCUT2D eigenvalue weighted by atomic mass is 32.2. The van der Waals surface area contributed by atoms with Crippen LogP contribution in [0.1, 0.15) is 5.69 Å². The molecular weight excluding hydrogens is 278 g/mol. The monoisotopic (exact) mass is 291 g/mol. The minimum absolute atomic E-state index is 0.720. The van der Waals surface area contributed by atoms with E-state index in [1.165, 1.54) is 0 Å². The van der Waals surface area contributed by atoms with E-state index in [-0.39, 0.29) is 0 Å². The van der Waals surface area contributed by atoms with Crippen molar-refractivity contribution < 1.29 is 4.42 Å². The van der Waals surface area contributed by atoms with Crippen LogP contribution in [0.4, 0.5) is 0 Å². The maximum Gasteiger partial charge on any atom is 0.236 e. The van der Waals surface area contributed by atoms with Gasteiger partial charge in [-0.1, -0.05) is 6.07 Å². The van der Waals surface area contributed by atoms with Crippen molar-refractivity contribution in [1.29, 1.82) is 0 Å². The molecule has 0 bridgehead atoms. The molecule has 19 heavy (non-hydrogen) atoms. The Morgan fingerprint density at radius 2 is 2.37 bits per heavy atom. The molecule has 3 aromatic rings. The van der Waals surface area contributed by atoms with E-state index < -0.39 is 0 Å². The van der Waals surface area contributed by atoms with Gasteiger partial charge in [0.05, 0.1) is 10.6 Å². The molecule has 0 radical (unpaired) electrons. The number of thioether (sulfide) groups is 1. The van der Waals surface area contributed by atoms with E-state index in [2.05, 4.69) is 10.1 Å². The number of aryl methyl sites for hydroxylation is 1. The van der Waals surface area contributed by atoms with Crippen LogP contribution < -0.4 is 0 Å². The van der Waals surface area contributed by atoms with Crippen LogP contribution in [0.2, 0.25) is 0 Å². The second-order valence-electron chi connectivity index (χ2n) is 3.94. The molecule has 0 fully saturated rings. The van der Waals surface area contributed by atoms with Crippen LogP contribution in [0, 0.1) is 0 Å². The molecule has 0 atom stereocenters. The van der Waals surface area contributed by atoms with Gasteiger partial charge in [-0.25, -0.2) is 4.98 Å². The minimum atomic E-state index is 0.720.